The summed E-state index contributed by atoms with van der Waals surface area (Å²) in [6.45, 7) is 2.25. The van der Waals surface area contributed by atoms with Crippen molar-refractivity contribution >= 4 is 0 Å². The van der Waals surface area contributed by atoms with Gasteiger partial charge < -0.3 is 0 Å². The maximum atomic E-state index is 4.49. The fraction of sp³-hybridized carbons (Fsp3) is 0.105. The van der Waals surface area contributed by atoms with Gasteiger partial charge in [0.2, 0.25) is 0 Å². The molecule has 0 saturated heterocycles. The second-order valence-electron chi connectivity index (χ2n) is 4.93. The molecule has 0 spiro atoms. The van der Waals surface area contributed by atoms with Crippen LogP contribution < -0.4 is 0 Å². The second kappa shape index (κ2) is 5.70. The van der Waals surface area contributed by atoms with E-state index in [-0.39, 0.29) is 0 Å². The van der Waals surface area contributed by atoms with Crippen LogP contribution in [0.15, 0.2) is 79.0 Å². The van der Waals surface area contributed by atoms with E-state index in [1.54, 1.807) is 0 Å². The zero-order valence-corrected chi connectivity index (χ0v) is 11.5. The molecule has 0 unspecified atom stereocenters. The zero-order chi connectivity index (χ0) is 13.8. The summed E-state index contributed by atoms with van der Waals surface area (Å²) in [5.74, 6) is 0.356. The van der Waals surface area contributed by atoms with E-state index in [0.717, 1.165) is 5.69 Å². The number of benzene rings is 2. The molecule has 2 aromatic carbocycles. The highest BCUT2D eigenvalue weighted by atomic mass is 14.7. The molecule has 0 N–H and O–H groups in total. The molecule has 1 nitrogen and oxygen atoms in total. The number of aromatic nitrogens is 1. The van der Waals surface area contributed by atoms with Crippen LogP contribution in [-0.2, 0) is 0 Å². The van der Waals surface area contributed by atoms with Gasteiger partial charge in [-0.1, -0.05) is 67.6 Å². The third-order valence-electron chi connectivity index (χ3n) is 3.67. The molecule has 98 valence electrons. The molecule has 0 radical (unpaired) electrons. The Kier molecular flexibility index (Phi) is 3.60. The summed E-state index contributed by atoms with van der Waals surface area (Å²) in [7, 11) is 0. The van der Waals surface area contributed by atoms with E-state index in [1.165, 1.54) is 16.7 Å². The lowest BCUT2D eigenvalue weighted by molar-refractivity contribution is 0.923. The minimum absolute atomic E-state index is 0.356. The van der Waals surface area contributed by atoms with Gasteiger partial charge in [0.1, 0.15) is 0 Å². The van der Waals surface area contributed by atoms with Gasteiger partial charge in [-0.2, -0.15) is 0 Å². The lowest BCUT2D eigenvalue weighted by atomic mass is 9.88. The molecule has 1 heteroatoms. The van der Waals surface area contributed by atoms with Crippen LogP contribution in [0, 0.1) is 0 Å². The largest absolute Gasteiger partial charge is 0.256 e. The van der Waals surface area contributed by atoms with Crippen molar-refractivity contribution in [2.24, 2.45) is 0 Å². The van der Waals surface area contributed by atoms with Gasteiger partial charge >= 0.3 is 0 Å². The molecule has 0 saturated carbocycles. The first kappa shape index (κ1) is 12.6. The average Bonchev–Trinajstić information content (AvgIpc) is 2.56. The summed E-state index contributed by atoms with van der Waals surface area (Å²) in [5, 5.41) is 0. The fourth-order valence-electron chi connectivity index (χ4n) is 2.55. The summed E-state index contributed by atoms with van der Waals surface area (Å²) in [6.07, 6.45) is 1.85. The van der Waals surface area contributed by atoms with Gasteiger partial charge in [-0.15, -0.1) is 0 Å². The molecule has 0 amide bonds. The Morgan fingerprint density at radius 1 is 0.750 bits per heavy atom. The molecule has 0 fully saturated rings. The predicted molar refractivity (Wildman–Crippen MR) is 83.6 cm³/mol. The van der Waals surface area contributed by atoms with Crippen molar-refractivity contribution < 1.29 is 0 Å². The predicted octanol–water partition coefficient (Wildman–Crippen LogP) is 4.90. The topological polar surface area (TPSA) is 12.9 Å². The van der Waals surface area contributed by atoms with Crippen LogP contribution in [0.3, 0.4) is 0 Å². The van der Waals surface area contributed by atoms with Crippen LogP contribution in [-0.4, -0.2) is 4.98 Å². The first-order valence-electron chi connectivity index (χ1n) is 6.91. The highest BCUT2D eigenvalue weighted by Gasteiger charge is 2.13. The van der Waals surface area contributed by atoms with E-state index in [2.05, 4.69) is 72.6 Å². The lowest BCUT2D eigenvalue weighted by Crippen LogP contribution is -1.99. The highest BCUT2D eigenvalue weighted by Crippen LogP contribution is 2.31. The third-order valence-corrected chi connectivity index (χ3v) is 3.67. The summed E-state index contributed by atoms with van der Waals surface area (Å²) in [6, 6.07) is 25.2. The normalized spacial score (nSPS) is 12.1. The highest BCUT2D eigenvalue weighted by molar-refractivity contribution is 5.65. The Morgan fingerprint density at radius 3 is 2.20 bits per heavy atom. The Bertz CT molecular complexity index is 674. The van der Waals surface area contributed by atoms with Crippen LogP contribution in [0.25, 0.3) is 11.3 Å². The summed E-state index contributed by atoms with van der Waals surface area (Å²) in [4.78, 5) is 4.49. The molecule has 20 heavy (non-hydrogen) atoms. The Morgan fingerprint density at radius 2 is 1.45 bits per heavy atom. The monoisotopic (exact) mass is 259 g/mol. The molecule has 0 bridgehead atoms. The molecule has 3 aromatic rings. The van der Waals surface area contributed by atoms with Crippen molar-refractivity contribution in [2.45, 2.75) is 12.8 Å². The minimum Gasteiger partial charge on any atom is -0.256 e. The molecule has 0 aliphatic carbocycles. The molecule has 3 rings (SSSR count). The molecule has 1 atom stereocenters. The van der Waals surface area contributed by atoms with Crippen LogP contribution in [0.2, 0.25) is 0 Å². The lowest BCUT2D eigenvalue weighted by Gasteiger charge is -2.16. The molecule has 1 heterocycles. The van der Waals surface area contributed by atoms with Gasteiger partial charge in [0, 0.05) is 17.7 Å². The Labute approximate surface area is 119 Å². The number of pyridine rings is 1. The van der Waals surface area contributed by atoms with Gasteiger partial charge in [0.15, 0.2) is 0 Å². The van der Waals surface area contributed by atoms with Gasteiger partial charge in [0.05, 0.1) is 5.69 Å². The smallest absolute Gasteiger partial charge is 0.0704 e. The SMILES string of the molecule is C[C@@H](c1ccccc1)c1ccccc1-c1ccccn1. The van der Waals surface area contributed by atoms with Crippen molar-refractivity contribution in [1.82, 2.24) is 4.98 Å². The van der Waals surface area contributed by atoms with Crippen LogP contribution in [0.4, 0.5) is 0 Å². The quantitative estimate of drug-likeness (QED) is 0.652. The van der Waals surface area contributed by atoms with E-state index in [9.17, 15) is 0 Å². The summed E-state index contributed by atoms with van der Waals surface area (Å²) < 4.78 is 0. The van der Waals surface area contributed by atoms with E-state index in [0.29, 0.717) is 5.92 Å². The van der Waals surface area contributed by atoms with Crippen LogP contribution in [0.1, 0.15) is 24.0 Å². The van der Waals surface area contributed by atoms with E-state index in [1.807, 2.05) is 18.3 Å². The maximum absolute atomic E-state index is 4.49. The van der Waals surface area contributed by atoms with Crippen LogP contribution in [0.5, 0.6) is 0 Å². The first-order chi connectivity index (χ1) is 9.86. The third kappa shape index (κ3) is 2.48. The molecular formula is C19H17N. The van der Waals surface area contributed by atoms with Crippen molar-refractivity contribution in [3.63, 3.8) is 0 Å². The summed E-state index contributed by atoms with van der Waals surface area (Å²) in [5.41, 5.74) is 4.89. The first-order valence-corrected chi connectivity index (χ1v) is 6.91. The molecule has 1 aromatic heterocycles. The minimum atomic E-state index is 0.356. The Hall–Kier alpha value is -2.41. The zero-order valence-electron chi connectivity index (χ0n) is 11.5. The molecular weight excluding hydrogens is 242 g/mol. The van der Waals surface area contributed by atoms with Gasteiger partial charge in [-0.25, -0.2) is 0 Å². The Balaban J connectivity index is 2.07. The van der Waals surface area contributed by atoms with Gasteiger partial charge in [-0.3, -0.25) is 4.98 Å². The molecule has 0 aliphatic rings. The number of hydrogen-bond acceptors (Lipinski definition) is 1. The van der Waals surface area contributed by atoms with Crippen molar-refractivity contribution in [3.05, 3.63) is 90.1 Å². The number of hydrogen-bond donors (Lipinski definition) is 0. The van der Waals surface area contributed by atoms with E-state index < -0.39 is 0 Å². The average molecular weight is 259 g/mol. The van der Waals surface area contributed by atoms with E-state index in [4.69, 9.17) is 0 Å². The van der Waals surface area contributed by atoms with Crippen molar-refractivity contribution in [3.8, 4) is 11.3 Å². The van der Waals surface area contributed by atoms with Crippen LogP contribution >= 0.6 is 0 Å². The molecule has 0 aliphatic heterocycles. The number of rotatable bonds is 3. The fourth-order valence-corrected chi connectivity index (χ4v) is 2.55. The standard InChI is InChI=1S/C19H17N/c1-15(16-9-3-2-4-10-16)17-11-5-6-12-18(17)19-13-7-8-14-20-19/h2-15H,1H3/t15-/m0/s1. The van der Waals surface area contributed by atoms with Gasteiger partial charge in [0.25, 0.3) is 0 Å². The maximum Gasteiger partial charge on any atom is 0.0704 e. The second-order valence-corrected chi connectivity index (χ2v) is 4.93. The van der Waals surface area contributed by atoms with E-state index >= 15 is 0 Å². The number of nitrogens with zero attached hydrogens (tertiary/aromatic N) is 1. The van der Waals surface area contributed by atoms with Crippen molar-refractivity contribution in [2.75, 3.05) is 0 Å². The van der Waals surface area contributed by atoms with Crippen molar-refractivity contribution in [1.29, 1.82) is 0 Å². The summed E-state index contributed by atoms with van der Waals surface area (Å²) >= 11 is 0. The van der Waals surface area contributed by atoms with Gasteiger partial charge in [-0.05, 0) is 23.3 Å².